The van der Waals surface area contributed by atoms with Gasteiger partial charge in [-0.15, -0.1) is 0 Å². The van der Waals surface area contributed by atoms with E-state index in [4.69, 9.17) is 4.52 Å². The van der Waals surface area contributed by atoms with E-state index < -0.39 is 7.37 Å². The van der Waals surface area contributed by atoms with Gasteiger partial charge in [0, 0.05) is 0 Å². The third kappa shape index (κ3) is 2.46. The summed E-state index contributed by atoms with van der Waals surface area (Å²) in [5.74, 6) is 1.02. The second kappa shape index (κ2) is 5.23. The van der Waals surface area contributed by atoms with E-state index in [1.807, 2.05) is 6.07 Å². The molecule has 3 heteroatoms. The van der Waals surface area contributed by atoms with Gasteiger partial charge in [0.15, 0.2) is 13.3 Å². The lowest BCUT2D eigenvalue weighted by Crippen LogP contribution is -2.04. The van der Waals surface area contributed by atoms with E-state index in [1.54, 1.807) is 0 Å². The minimum atomic E-state index is -1.49. The van der Waals surface area contributed by atoms with Gasteiger partial charge >= 0.3 is 0 Å². The first-order valence-electron chi connectivity index (χ1n) is 6.20. The van der Waals surface area contributed by atoms with E-state index in [2.05, 4.69) is 60.7 Å². The molecule has 0 aromatic heterocycles. The highest BCUT2D eigenvalue weighted by atomic mass is 31.2. The molecule has 1 nitrogen and oxygen atoms in total. The Bertz CT molecular complexity index is 554. The maximum atomic E-state index is 6.55. The maximum Gasteiger partial charge on any atom is 0.179 e. The first-order valence-corrected chi connectivity index (χ1v) is 7.46. The van der Waals surface area contributed by atoms with Crippen LogP contribution in [0.15, 0.2) is 77.4 Å². The molecule has 0 bridgehead atoms. The summed E-state index contributed by atoms with van der Waals surface area (Å²) >= 11 is 0. The predicted molar refractivity (Wildman–Crippen MR) is 87.6 cm³/mol. The molecule has 2 aliphatic rings. The van der Waals surface area contributed by atoms with Crippen molar-refractivity contribution >= 4 is 14.9 Å². The normalized spacial score (nSPS) is 17.5. The smallest absolute Gasteiger partial charge is 0.179 e. The van der Waals surface area contributed by atoms with Crippen LogP contribution in [0.5, 0.6) is 5.75 Å². The van der Waals surface area contributed by atoms with Crippen molar-refractivity contribution in [3.05, 3.63) is 77.4 Å². The molecule has 0 spiro atoms. The average Bonchev–Trinajstić information content (AvgIpc) is 3.14. The zero-order chi connectivity index (χ0) is 13.1. The predicted octanol–water partition coefficient (Wildman–Crippen LogP) is 3.97. The van der Waals surface area contributed by atoms with Crippen molar-refractivity contribution in [1.82, 2.24) is 0 Å². The third-order valence-corrected chi connectivity index (χ3v) is 4.91. The Labute approximate surface area is 116 Å². The summed E-state index contributed by atoms with van der Waals surface area (Å²) in [5.41, 5.74) is 0. The molecular weight excluding hydrogens is 250 g/mol. The number of hydrogen-bond acceptors (Lipinski definition) is 1. The summed E-state index contributed by atoms with van der Waals surface area (Å²) in [7, 11) is -1.43. The first kappa shape index (κ1) is 12.5. The van der Waals surface area contributed by atoms with Gasteiger partial charge in [-0.2, -0.15) is 0 Å². The van der Waals surface area contributed by atoms with Crippen LogP contribution in [0.2, 0.25) is 0 Å². The maximum absolute atomic E-state index is 6.55. The van der Waals surface area contributed by atoms with Gasteiger partial charge in [0.25, 0.3) is 0 Å². The monoisotopic (exact) mass is 268 g/mol. The van der Waals surface area contributed by atoms with E-state index in [1.165, 1.54) is 10.6 Å². The highest BCUT2D eigenvalue weighted by Gasteiger charge is 2.37. The Balaban J connectivity index is 1.97. The number of hydrogen-bond donors (Lipinski definition) is 0. The lowest BCUT2D eigenvalue weighted by molar-refractivity contribution is 0.620. The van der Waals surface area contributed by atoms with Gasteiger partial charge in [0.1, 0.15) is 0 Å². The molecule has 2 aliphatic carbocycles. The van der Waals surface area contributed by atoms with Gasteiger partial charge in [-0.1, -0.05) is 30.4 Å². The molecule has 0 saturated heterocycles. The molecule has 0 heterocycles. The Hall–Kier alpha value is -1.53. The number of rotatable bonds is 4. The molecule has 0 atom stereocenters. The Morgan fingerprint density at radius 3 is 1.95 bits per heavy atom. The number of para-hydroxylation sites is 1. The molecule has 96 valence electrons. The van der Waals surface area contributed by atoms with Crippen LogP contribution in [0, 0.1) is 0 Å². The van der Waals surface area contributed by atoms with Gasteiger partial charge in [0.2, 0.25) is 0 Å². The van der Waals surface area contributed by atoms with Crippen molar-refractivity contribution in [2.24, 2.45) is 0 Å². The van der Waals surface area contributed by atoms with Crippen molar-refractivity contribution in [3.8, 4) is 5.75 Å². The molecule has 0 fully saturated rings. The van der Waals surface area contributed by atoms with Crippen LogP contribution >= 0.6 is 7.37 Å². The molecule has 0 amide bonds. The van der Waals surface area contributed by atoms with Crippen LogP contribution in [-0.4, -0.2) is 7.57 Å². The van der Waals surface area contributed by atoms with Crippen LogP contribution in [0.25, 0.3) is 0 Å². The lowest BCUT2D eigenvalue weighted by atomic mass is 10.3. The zero-order valence-corrected chi connectivity index (χ0v) is 11.0. The minimum absolute atomic E-state index is 0.0551. The summed E-state index contributed by atoms with van der Waals surface area (Å²) in [4.78, 5) is 0. The molecule has 0 saturated carbocycles. The molecule has 1 aromatic rings. The van der Waals surface area contributed by atoms with Gasteiger partial charge in [-0.05, 0) is 49.3 Å². The summed E-state index contributed by atoms with van der Waals surface area (Å²) in [6.07, 6.45) is 15.9. The molecule has 1 aromatic carbocycles. The van der Waals surface area contributed by atoms with Crippen LogP contribution < -0.4 is 4.52 Å². The van der Waals surface area contributed by atoms with E-state index in [0.717, 1.165) is 18.6 Å². The SMILES string of the molecule is [BH3-][P+](Oc1ccccc1)(C1=CCC=C1)C1=CCC=C1. The fraction of sp³-hybridized carbons (Fsp3) is 0.125. The second-order valence-electron chi connectivity index (χ2n) is 4.23. The van der Waals surface area contributed by atoms with Crippen molar-refractivity contribution < 1.29 is 4.52 Å². The van der Waals surface area contributed by atoms with Crippen LogP contribution in [0.1, 0.15) is 12.8 Å². The van der Waals surface area contributed by atoms with Gasteiger partial charge in [-0.3, -0.25) is 0 Å². The van der Waals surface area contributed by atoms with E-state index in [-0.39, 0.29) is 7.57 Å². The van der Waals surface area contributed by atoms with Crippen LogP contribution in [0.4, 0.5) is 0 Å². The van der Waals surface area contributed by atoms with Gasteiger partial charge in [-0.25, -0.2) is 0 Å². The summed E-state index contributed by atoms with van der Waals surface area (Å²) in [6, 6.07) is 10.3. The number of allylic oxidation sites excluding steroid dienone is 8. The largest absolute Gasteiger partial charge is 0.387 e. The van der Waals surface area contributed by atoms with E-state index in [9.17, 15) is 0 Å². The third-order valence-electron chi connectivity index (χ3n) is 2.91. The lowest BCUT2D eigenvalue weighted by Gasteiger charge is -2.29. The molecule has 0 radical (unpaired) electrons. The minimum Gasteiger partial charge on any atom is -0.387 e. The van der Waals surface area contributed by atoms with Crippen molar-refractivity contribution in [3.63, 3.8) is 0 Å². The Morgan fingerprint density at radius 1 is 0.895 bits per heavy atom. The fourth-order valence-corrected chi connectivity index (χ4v) is 3.90. The molecule has 3 rings (SSSR count). The summed E-state index contributed by atoms with van der Waals surface area (Å²) < 4.78 is 6.55. The molecule has 0 aliphatic heterocycles. The van der Waals surface area contributed by atoms with E-state index in [0.29, 0.717) is 0 Å². The molecular formula is C16H18BOP. The topological polar surface area (TPSA) is 9.23 Å². The zero-order valence-electron chi connectivity index (χ0n) is 10.1. The number of benzene rings is 1. The average molecular weight is 268 g/mol. The Kier molecular flexibility index (Phi) is 3.44. The second-order valence-corrected chi connectivity index (χ2v) is 6.04. The quantitative estimate of drug-likeness (QED) is 0.593. The van der Waals surface area contributed by atoms with Crippen molar-refractivity contribution in [1.29, 1.82) is 0 Å². The van der Waals surface area contributed by atoms with Crippen molar-refractivity contribution in [2.75, 3.05) is 0 Å². The summed E-state index contributed by atoms with van der Waals surface area (Å²) in [6.45, 7) is 0. The van der Waals surface area contributed by atoms with Crippen LogP contribution in [-0.2, 0) is 0 Å². The molecule has 0 N–H and O–H groups in total. The highest BCUT2D eigenvalue weighted by molar-refractivity contribution is 8.00. The van der Waals surface area contributed by atoms with Crippen molar-refractivity contribution in [2.45, 2.75) is 12.8 Å². The van der Waals surface area contributed by atoms with E-state index >= 15 is 0 Å². The molecule has 0 unspecified atom stereocenters. The van der Waals surface area contributed by atoms with Crippen LogP contribution in [0.3, 0.4) is 0 Å². The molecule has 19 heavy (non-hydrogen) atoms. The first-order chi connectivity index (χ1) is 9.29. The Morgan fingerprint density at radius 2 is 1.47 bits per heavy atom. The van der Waals surface area contributed by atoms with Gasteiger partial charge < -0.3 is 4.52 Å². The van der Waals surface area contributed by atoms with Gasteiger partial charge in [0.05, 0.1) is 18.0 Å². The highest BCUT2D eigenvalue weighted by Crippen LogP contribution is 2.70. The summed E-state index contributed by atoms with van der Waals surface area (Å²) in [5, 5.41) is 2.93. The standard InChI is InChI=1S/C16H18BOP/c17-19(15-10-4-5-11-15,16-12-6-7-13-16)18-14-8-2-1-3-9-14/h1-4,6,8-13H,5,7H2,17H3. The fourth-order valence-electron chi connectivity index (χ4n) is 2.03.